The Hall–Kier alpha value is -0.640. The fourth-order valence-electron chi connectivity index (χ4n) is 7.12. The van der Waals surface area contributed by atoms with Crippen molar-refractivity contribution in [2.75, 3.05) is 0 Å². The normalized spacial score (nSPS) is 39.9. The molecular weight excluding hydrogens is 372 g/mol. The van der Waals surface area contributed by atoms with E-state index >= 15 is 0 Å². The van der Waals surface area contributed by atoms with Gasteiger partial charge in [0.05, 0.1) is 17.8 Å². The Bertz CT molecular complexity index is 631. The Labute approximate surface area is 184 Å². The number of hydrogen-bond donors (Lipinski definition) is 3. The lowest BCUT2D eigenvalue weighted by Crippen LogP contribution is -2.36. The fraction of sp³-hybridized carbons (Fsp3) is 0.852. The van der Waals surface area contributed by atoms with Crippen molar-refractivity contribution >= 4 is 0 Å². The molecular formula is C27H46O3. The summed E-state index contributed by atoms with van der Waals surface area (Å²) < 4.78 is 0. The van der Waals surface area contributed by atoms with E-state index in [1.54, 1.807) is 5.57 Å². The average molecular weight is 419 g/mol. The minimum atomic E-state index is -0.549. The maximum atomic E-state index is 10.2. The predicted octanol–water partition coefficient (Wildman–Crippen LogP) is 5.78. The zero-order chi connectivity index (χ0) is 22.1. The van der Waals surface area contributed by atoms with Crippen molar-refractivity contribution in [1.82, 2.24) is 0 Å². The topological polar surface area (TPSA) is 60.7 Å². The number of aliphatic hydroxyl groups is 3. The van der Waals surface area contributed by atoms with Crippen molar-refractivity contribution in [3.8, 4) is 0 Å². The number of hydrogen-bond acceptors (Lipinski definition) is 3. The van der Waals surface area contributed by atoms with Crippen molar-refractivity contribution in [3.05, 3.63) is 23.8 Å². The van der Waals surface area contributed by atoms with Gasteiger partial charge in [-0.1, -0.05) is 44.9 Å². The van der Waals surface area contributed by atoms with Crippen LogP contribution in [0, 0.1) is 29.1 Å². The zero-order valence-corrected chi connectivity index (χ0v) is 19.9. The van der Waals surface area contributed by atoms with E-state index in [9.17, 15) is 15.3 Å². The molecule has 30 heavy (non-hydrogen) atoms. The molecule has 0 amide bonds. The van der Waals surface area contributed by atoms with Crippen molar-refractivity contribution in [3.63, 3.8) is 0 Å². The van der Waals surface area contributed by atoms with E-state index < -0.39 is 17.8 Å². The maximum Gasteiger partial charge on any atom is 0.0774 e. The smallest absolute Gasteiger partial charge is 0.0774 e. The largest absolute Gasteiger partial charge is 0.393 e. The summed E-state index contributed by atoms with van der Waals surface area (Å²) in [6.07, 6.45) is 13.3. The summed E-state index contributed by atoms with van der Waals surface area (Å²) in [5, 5.41) is 30.3. The summed E-state index contributed by atoms with van der Waals surface area (Å²) in [6, 6.07) is 0. The van der Waals surface area contributed by atoms with Gasteiger partial charge in [-0.05, 0) is 99.9 Å². The molecule has 0 saturated heterocycles. The van der Waals surface area contributed by atoms with Gasteiger partial charge in [-0.3, -0.25) is 0 Å². The second kappa shape index (κ2) is 9.46. The fourth-order valence-corrected chi connectivity index (χ4v) is 7.12. The van der Waals surface area contributed by atoms with Crippen LogP contribution in [0.2, 0.25) is 0 Å². The van der Waals surface area contributed by atoms with Gasteiger partial charge in [0.1, 0.15) is 0 Å². The Morgan fingerprint density at radius 2 is 1.97 bits per heavy atom. The van der Waals surface area contributed by atoms with Crippen molar-refractivity contribution in [1.29, 1.82) is 0 Å². The van der Waals surface area contributed by atoms with Gasteiger partial charge in [0, 0.05) is 6.42 Å². The molecule has 0 heterocycles. The van der Waals surface area contributed by atoms with E-state index in [-0.39, 0.29) is 5.92 Å². The summed E-state index contributed by atoms with van der Waals surface area (Å²) in [5.41, 5.74) is 2.41. The Morgan fingerprint density at radius 3 is 2.67 bits per heavy atom. The third kappa shape index (κ3) is 5.40. The van der Waals surface area contributed by atoms with Gasteiger partial charge < -0.3 is 15.3 Å². The van der Waals surface area contributed by atoms with Crippen LogP contribution in [-0.4, -0.2) is 33.1 Å². The molecule has 172 valence electrons. The van der Waals surface area contributed by atoms with E-state index in [2.05, 4.69) is 26.5 Å². The highest BCUT2D eigenvalue weighted by molar-refractivity contribution is 5.21. The predicted molar refractivity (Wildman–Crippen MR) is 124 cm³/mol. The van der Waals surface area contributed by atoms with Crippen LogP contribution in [0.25, 0.3) is 0 Å². The first-order chi connectivity index (χ1) is 14.0. The molecule has 3 heteroatoms. The molecule has 3 saturated carbocycles. The SMILES string of the molecule is C=C1C(C/C=C2\CCC[C@]3(C)[C@@H]([C@H](C)CCCC(C)(C)O)CC[C@@H]23)C[C@@H](O)C[C@@H]1O. The monoisotopic (exact) mass is 418 g/mol. The molecule has 0 aromatic carbocycles. The lowest BCUT2D eigenvalue weighted by atomic mass is 9.60. The first-order valence-corrected chi connectivity index (χ1v) is 12.5. The first-order valence-electron chi connectivity index (χ1n) is 12.5. The molecule has 3 aliphatic rings. The second-order valence-corrected chi connectivity index (χ2v) is 11.7. The van der Waals surface area contributed by atoms with Gasteiger partial charge in [0.25, 0.3) is 0 Å². The highest BCUT2D eigenvalue weighted by Gasteiger charge is 2.50. The lowest BCUT2D eigenvalue weighted by molar-refractivity contribution is 0.0519. The standard InChI is InChI=1S/C27H46O3/c1-18(8-6-14-26(3,4)30)23-12-13-24-20(9-7-15-27(23,24)5)10-11-21-16-22(28)17-25(29)19(21)2/h10,18,21-25,28-30H,2,6-9,11-17H2,1,3-5H3/b20-10+/t18-,21?,22-,23-,24+,25+,27-/m1/s1. The van der Waals surface area contributed by atoms with Gasteiger partial charge in [0.15, 0.2) is 0 Å². The molecule has 0 radical (unpaired) electrons. The van der Waals surface area contributed by atoms with Crippen molar-refractivity contribution in [2.45, 2.75) is 116 Å². The molecule has 0 bridgehead atoms. The molecule has 0 aliphatic heterocycles. The number of aliphatic hydroxyl groups excluding tert-OH is 2. The molecule has 3 nitrogen and oxygen atoms in total. The zero-order valence-electron chi connectivity index (χ0n) is 19.9. The van der Waals surface area contributed by atoms with Crippen LogP contribution in [-0.2, 0) is 0 Å². The summed E-state index contributed by atoms with van der Waals surface area (Å²) in [4.78, 5) is 0. The summed E-state index contributed by atoms with van der Waals surface area (Å²) >= 11 is 0. The van der Waals surface area contributed by atoms with Gasteiger partial charge >= 0.3 is 0 Å². The number of allylic oxidation sites excluding steroid dienone is 2. The van der Waals surface area contributed by atoms with E-state index in [1.807, 2.05) is 13.8 Å². The highest BCUT2D eigenvalue weighted by Crippen LogP contribution is 2.60. The molecule has 1 unspecified atom stereocenters. The Kier molecular flexibility index (Phi) is 7.58. The molecule has 3 aliphatic carbocycles. The van der Waals surface area contributed by atoms with E-state index in [0.717, 1.165) is 37.2 Å². The summed E-state index contributed by atoms with van der Waals surface area (Å²) in [6.45, 7) is 12.9. The quantitative estimate of drug-likeness (QED) is 0.459. The molecule has 0 aromatic rings. The third-order valence-corrected chi connectivity index (χ3v) is 8.84. The average Bonchev–Trinajstić information content (AvgIpc) is 3.00. The van der Waals surface area contributed by atoms with Crippen LogP contribution in [0.4, 0.5) is 0 Å². The van der Waals surface area contributed by atoms with Crippen LogP contribution in [0.3, 0.4) is 0 Å². The van der Waals surface area contributed by atoms with Crippen LogP contribution >= 0.6 is 0 Å². The molecule has 0 aromatic heterocycles. The first kappa shape index (κ1) is 24.0. The molecule has 0 spiro atoms. The van der Waals surface area contributed by atoms with Crippen molar-refractivity contribution in [2.24, 2.45) is 29.1 Å². The maximum absolute atomic E-state index is 10.2. The lowest BCUT2D eigenvalue weighted by Gasteiger charge is -2.44. The number of rotatable bonds is 7. The minimum absolute atomic E-state index is 0.211. The third-order valence-electron chi connectivity index (χ3n) is 8.84. The second-order valence-electron chi connectivity index (χ2n) is 11.7. The van der Waals surface area contributed by atoms with E-state index in [4.69, 9.17) is 0 Å². The number of fused-ring (bicyclic) bond motifs is 1. The van der Waals surface area contributed by atoms with Gasteiger partial charge in [-0.15, -0.1) is 0 Å². The highest BCUT2D eigenvalue weighted by atomic mass is 16.3. The molecule has 3 N–H and O–H groups in total. The van der Waals surface area contributed by atoms with Crippen LogP contribution in [0.1, 0.15) is 98.3 Å². The minimum Gasteiger partial charge on any atom is -0.393 e. The molecule has 7 atom stereocenters. The van der Waals surface area contributed by atoms with Gasteiger partial charge in [-0.2, -0.15) is 0 Å². The van der Waals surface area contributed by atoms with Crippen molar-refractivity contribution < 1.29 is 15.3 Å². The van der Waals surface area contributed by atoms with Gasteiger partial charge in [-0.25, -0.2) is 0 Å². The van der Waals surface area contributed by atoms with Crippen LogP contribution in [0.15, 0.2) is 23.8 Å². The molecule has 3 rings (SSSR count). The van der Waals surface area contributed by atoms with Gasteiger partial charge in [0.2, 0.25) is 0 Å². The Morgan fingerprint density at radius 1 is 1.23 bits per heavy atom. The summed E-state index contributed by atoms with van der Waals surface area (Å²) in [7, 11) is 0. The van der Waals surface area contributed by atoms with E-state index in [1.165, 1.54) is 38.5 Å². The molecule has 3 fully saturated rings. The summed E-state index contributed by atoms with van der Waals surface area (Å²) in [5.74, 6) is 2.40. The van der Waals surface area contributed by atoms with Crippen LogP contribution < -0.4 is 0 Å². The van der Waals surface area contributed by atoms with Crippen LogP contribution in [0.5, 0.6) is 0 Å². The van der Waals surface area contributed by atoms with E-state index in [0.29, 0.717) is 23.7 Å². The Balaban J connectivity index is 1.64.